The number of hydrogen-bond donors (Lipinski definition) is 1. The molecule has 1 aliphatic rings. The highest BCUT2D eigenvalue weighted by atomic mass is 16.5. The molecule has 6 nitrogen and oxygen atoms in total. The predicted octanol–water partition coefficient (Wildman–Crippen LogP) is 1.30. The van der Waals surface area contributed by atoms with Gasteiger partial charge in [0.25, 0.3) is 0 Å². The number of aryl methyl sites for hydroxylation is 1. The van der Waals surface area contributed by atoms with Gasteiger partial charge in [0.15, 0.2) is 0 Å². The molecule has 0 radical (unpaired) electrons. The lowest BCUT2D eigenvalue weighted by Gasteiger charge is -2.38. The first-order valence-corrected chi connectivity index (χ1v) is 7.72. The summed E-state index contributed by atoms with van der Waals surface area (Å²) in [5, 5.41) is 4.21. The van der Waals surface area contributed by atoms with Crippen molar-refractivity contribution in [3.8, 4) is 0 Å². The molecule has 0 saturated carbocycles. The van der Waals surface area contributed by atoms with E-state index in [1.807, 2.05) is 14.0 Å². The van der Waals surface area contributed by atoms with Crippen molar-refractivity contribution in [2.45, 2.75) is 51.7 Å². The van der Waals surface area contributed by atoms with Crippen LogP contribution in [0.5, 0.6) is 0 Å². The Morgan fingerprint density at radius 1 is 1.57 bits per heavy atom. The molecule has 118 valence electrons. The molecule has 6 heteroatoms. The lowest BCUT2D eigenvalue weighted by Crippen LogP contribution is -2.48. The average molecular weight is 294 g/mol. The average Bonchev–Trinajstić information content (AvgIpc) is 2.81. The van der Waals surface area contributed by atoms with Crippen LogP contribution >= 0.6 is 0 Å². The molecule has 1 fully saturated rings. The number of carbonyl (C=O) groups excluding carboxylic acids is 1. The van der Waals surface area contributed by atoms with E-state index < -0.39 is 0 Å². The zero-order valence-corrected chi connectivity index (χ0v) is 13.2. The van der Waals surface area contributed by atoms with Crippen molar-refractivity contribution < 1.29 is 9.53 Å². The number of ether oxygens (including phenoxy) is 1. The second-order valence-electron chi connectivity index (χ2n) is 5.74. The summed E-state index contributed by atoms with van der Waals surface area (Å²) < 4.78 is 6.87. The van der Waals surface area contributed by atoms with E-state index in [1.165, 1.54) is 12.8 Å². The number of carbonyl (C=O) groups is 1. The molecular formula is C15H26N4O2. The van der Waals surface area contributed by atoms with Crippen molar-refractivity contribution in [1.29, 1.82) is 0 Å². The van der Waals surface area contributed by atoms with Crippen LogP contribution in [0.25, 0.3) is 0 Å². The molecule has 0 amide bonds. The Labute approximate surface area is 126 Å². The third-order valence-electron chi connectivity index (χ3n) is 4.18. The minimum atomic E-state index is -0.296. The second kappa shape index (κ2) is 7.04. The Morgan fingerprint density at radius 2 is 2.33 bits per heavy atom. The molecule has 0 bridgehead atoms. The molecule has 21 heavy (non-hydrogen) atoms. The van der Waals surface area contributed by atoms with E-state index in [-0.39, 0.29) is 12.0 Å². The molecule has 1 aromatic heterocycles. The van der Waals surface area contributed by atoms with Gasteiger partial charge in [-0.1, -0.05) is 6.42 Å². The molecule has 2 atom stereocenters. The molecule has 2 rings (SSSR count). The first-order chi connectivity index (χ1) is 10.0. The topological polar surface area (TPSA) is 73.4 Å². The molecule has 0 aromatic carbocycles. The van der Waals surface area contributed by atoms with E-state index >= 15 is 0 Å². The van der Waals surface area contributed by atoms with E-state index in [2.05, 4.69) is 16.9 Å². The number of nitrogens with two attached hydrogens (primary N) is 1. The van der Waals surface area contributed by atoms with Gasteiger partial charge in [0, 0.05) is 25.7 Å². The van der Waals surface area contributed by atoms with Gasteiger partial charge in [0.05, 0.1) is 18.5 Å². The SMILES string of the molecule is CCOC(=O)c1cnn(C)c1CN1CCCCC1C(C)N. The van der Waals surface area contributed by atoms with Crippen LogP contribution in [0, 0.1) is 0 Å². The summed E-state index contributed by atoms with van der Waals surface area (Å²) in [5.41, 5.74) is 7.58. The molecular weight excluding hydrogens is 268 g/mol. The summed E-state index contributed by atoms with van der Waals surface area (Å²) >= 11 is 0. The summed E-state index contributed by atoms with van der Waals surface area (Å²) in [6, 6.07) is 0.494. The van der Waals surface area contributed by atoms with Crippen molar-refractivity contribution in [3.05, 3.63) is 17.5 Å². The molecule has 1 saturated heterocycles. The third kappa shape index (κ3) is 3.63. The number of esters is 1. The van der Waals surface area contributed by atoms with E-state index in [0.29, 0.717) is 24.8 Å². The van der Waals surface area contributed by atoms with Gasteiger partial charge >= 0.3 is 5.97 Å². The van der Waals surface area contributed by atoms with Crippen LogP contribution in [-0.2, 0) is 18.3 Å². The molecule has 0 spiro atoms. The number of likely N-dealkylation sites (tertiary alicyclic amines) is 1. The first kappa shape index (κ1) is 16.0. The van der Waals surface area contributed by atoms with Gasteiger partial charge < -0.3 is 10.5 Å². The van der Waals surface area contributed by atoms with Gasteiger partial charge in [-0.05, 0) is 33.2 Å². The van der Waals surface area contributed by atoms with Crippen LogP contribution in [0.2, 0.25) is 0 Å². The van der Waals surface area contributed by atoms with Crippen molar-refractivity contribution in [2.75, 3.05) is 13.2 Å². The highest BCUT2D eigenvalue weighted by molar-refractivity contribution is 5.90. The van der Waals surface area contributed by atoms with Crippen LogP contribution in [0.4, 0.5) is 0 Å². The van der Waals surface area contributed by atoms with Crippen molar-refractivity contribution in [1.82, 2.24) is 14.7 Å². The minimum absolute atomic E-state index is 0.129. The largest absolute Gasteiger partial charge is 0.462 e. The fourth-order valence-corrected chi connectivity index (χ4v) is 3.03. The van der Waals surface area contributed by atoms with Gasteiger partial charge in [-0.25, -0.2) is 4.79 Å². The van der Waals surface area contributed by atoms with Gasteiger partial charge in [-0.2, -0.15) is 5.10 Å². The number of aromatic nitrogens is 2. The fourth-order valence-electron chi connectivity index (χ4n) is 3.03. The van der Waals surface area contributed by atoms with Crippen LogP contribution in [0.1, 0.15) is 49.2 Å². The Morgan fingerprint density at radius 3 is 3.00 bits per heavy atom. The molecule has 2 heterocycles. The van der Waals surface area contributed by atoms with Gasteiger partial charge in [0.2, 0.25) is 0 Å². The van der Waals surface area contributed by atoms with E-state index in [4.69, 9.17) is 10.5 Å². The first-order valence-electron chi connectivity index (χ1n) is 7.72. The minimum Gasteiger partial charge on any atom is -0.462 e. The van der Waals surface area contributed by atoms with Gasteiger partial charge in [-0.3, -0.25) is 9.58 Å². The summed E-state index contributed by atoms with van der Waals surface area (Å²) in [5.74, 6) is -0.296. The van der Waals surface area contributed by atoms with E-state index in [1.54, 1.807) is 10.9 Å². The Balaban J connectivity index is 2.18. The maximum Gasteiger partial charge on any atom is 0.341 e. The highest BCUT2D eigenvalue weighted by Gasteiger charge is 2.28. The zero-order valence-electron chi connectivity index (χ0n) is 13.2. The number of hydrogen-bond acceptors (Lipinski definition) is 5. The number of piperidine rings is 1. The van der Waals surface area contributed by atoms with Crippen LogP contribution in [-0.4, -0.2) is 45.9 Å². The standard InChI is InChI=1S/C15H26N4O2/c1-4-21-15(20)12-9-17-18(3)14(12)10-19-8-6-5-7-13(19)11(2)16/h9,11,13H,4-8,10,16H2,1-3H3. The van der Waals surface area contributed by atoms with Crippen LogP contribution in [0.3, 0.4) is 0 Å². The lowest BCUT2D eigenvalue weighted by molar-refractivity contribution is 0.0521. The van der Waals surface area contributed by atoms with Crippen LogP contribution < -0.4 is 5.73 Å². The monoisotopic (exact) mass is 294 g/mol. The van der Waals surface area contributed by atoms with Crippen molar-refractivity contribution >= 4 is 5.97 Å². The molecule has 2 unspecified atom stereocenters. The normalized spacial score (nSPS) is 21.2. The Hall–Kier alpha value is -1.40. The summed E-state index contributed by atoms with van der Waals surface area (Å²) in [6.45, 7) is 5.94. The number of nitrogens with zero attached hydrogens (tertiary/aromatic N) is 3. The highest BCUT2D eigenvalue weighted by Crippen LogP contribution is 2.22. The maximum atomic E-state index is 12.0. The fraction of sp³-hybridized carbons (Fsp3) is 0.733. The number of rotatable bonds is 5. The van der Waals surface area contributed by atoms with E-state index in [9.17, 15) is 4.79 Å². The summed E-state index contributed by atoms with van der Waals surface area (Å²) in [6.07, 6.45) is 5.11. The second-order valence-corrected chi connectivity index (χ2v) is 5.74. The molecule has 0 aliphatic carbocycles. The smallest absolute Gasteiger partial charge is 0.341 e. The van der Waals surface area contributed by atoms with Crippen molar-refractivity contribution in [3.63, 3.8) is 0 Å². The van der Waals surface area contributed by atoms with E-state index in [0.717, 1.165) is 18.7 Å². The molecule has 1 aliphatic heterocycles. The molecule has 2 N–H and O–H groups in total. The maximum absolute atomic E-state index is 12.0. The Kier molecular flexibility index (Phi) is 5.36. The summed E-state index contributed by atoms with van der Waals surface area (Å²) in [4.78, 5) is 14.4. The predicted molar refractivity (Wildman–Crippen MR) is 80.9 cm³/mol. The van der Waals surface area contributed by atoms with Crippen molar-refractivity contribution in [2.24, 2.45) is 12.8 Å². The third-order valence-corrected chi connectivity index (χ3v) is 4.18. The molecule has 1 aromatic rings. The van der Waals surface area contributed by atoms with Gasteiger partial charge in [-0.15, -0.1) is 0 Å². The Bertz CT molecular complexity index is 484. The summed E-state index contributed by atoms with van der Waals surface area (Å²) in [7, 11) is 1.86. The quantitative estimate of drug-likeness (QED) is 0.829. The van der Waals surface area contributed by atoms with Crippen LogP contribution in [0.15, 0.2) is 6.20 Å². The van der Waals surface area contributed by atoms with Gasteiger partial charge in [0.1, 0.15) is 5.56 Å². The zero-order chi connectivity index (χ0) is 15.4. The lowest BCUT2D eigenvalue weighted by atomic mass is 9.96.